The summed E-state index contributed by atoms with van der Waals surface area (Å²) in [4.78, 5) is 33.0. The molecule has 0 saturated heterocycles. The number of aliphatic imine (C=N–C) groups is 1. The van der Waals surface area contributed by atoms with Crippen LogP contribution in [0.4, 0.5) is 14.9 Å². The first-order chi connectivity index (χ1) is 16.0. The number of nitrogens with zero attached hydrogens (tertiary/aromatic N) is 2. The highest BCUT2D eigenvalue weighted by Gasteiger charge is 2.54. The standard InChI is InChI=1S/C25H33FN4O3Si/c1-24(2)17-13-27-21(29-22(31)25(10-6-11-25)34(3,4)5)16(17)14-30(24)23(32)28-19-18(26)8-7-15-9-12-33-20(15)19/h7-8H,6,9-14H2,1-5H3,(H,28,32)(H,27,29,31). The molecule has 3 heterocycles. The summed E-state index contributed by atoms with van der Waals surface area (Å²) in [5.74, 6) is 0.559. The van der Waals surface area contributed by atoms with E-state index in [0.717, 1.165) is 36.0 Å². The lowest BCUT2D eigenvalue weighted by Gasteiger charge is -2.49. The minimum absolute atomic E-state index is 0.0743. The molecule has 0 spiro atoms. The first-order valence-corrected chi connectivity index (χ1v) is 15.6. The Morgan fingerprint density at radius 1 is 1.18 bits per heavy atom. The SMILES string of the molecule is CC1(C)C2=C(CN1C(=O)Nc1c(F)ccc3c1OCC3)C(NC(=O)C1([Si](C)(C)C)CCC1)=NC2. The van der Waals surface area contributed by atoms with Gasteiger partial charge in [-0.2, -0.15) is 0 Å². The van der Waals surface area contributed by atoms with Crippen LogP contribution in [-0.4, -0.2) is 56.0 Å². The third-order valence-corrected chi connectivity index (χ3v) is 12.0. The Morgan fingerprint density at radius 2 is 1.91 bits per heavy atom. The van der Waals surface area contributed by atoms with Crippen LogP contribution >= 0.6 is 0 Å². The molecule has 1 aliphatic carbocycles. The lowest BCUT2D eigenvalue weighted by atomic mass is 9.83. The lowest BCUT2D eigenvalue weighted by Crippen LogP contribution is -2.55. The molecule has 1 fully saturated rings. The van der Waals surface area contributed by atoms with Crippen LogP contribution in [-0.2, 0) is 11.2 Å². The number of carbonyl (C=O) groups excluding carboxylic acids is 2. The second-order valence-electron chi connectivity index (χ2n) is 11.3. The highest BCUT2D eigenvalue weighted by atomic mass is 28.3. The van der Waals surface area contributed by atoms with E-state index in [4.69, 9.17) is 4.74 Å². The number of anilines is 1. The number of ether oxygens (including phenoxy) is 1. The van der Waals surface area contributed by atoms with Crippen molar-refractivity contribution in [3.05, 3.63) is 34.7 Å². The number of fused-ring (bicyclic) bond motifs is 1. The Kier molecular flexibility index (Phi) is 5.20. The van der Waals surface area contributed by atoms with Crippen molar-refractivity contribution in [1.82, 2.24) is 10.2 Å². The first kappa shape index (κ1) is 23.1. The Morgan fingerprint density at radius 3 is 2.56 bits per heavy atom. The molecule has 1 saturated carbocycles. The predicted octanol–water partition coefficient (Wildman–Crippen LogP) is 4.47. The Balaban J connectivity index is 1.34. The summed E-state index contributed by atoms with van der Waals surface area (Å²) < 4.78 is 20.2. The van der Waals surface area contributed by atoms with Crippen molar-refractivity contribution in [1.29, 1.82) is 0 Å². The highest BCUT2D eigenvalue weighted by molar-refractivity contribution is 6.82. The van der Waals surface area contributed by atoms with E-state index in [-0.39, 0.29) is 16.6 Å². The molecule has 4 aliphatic rings. The van der Waals surface area contributed by atoms with Crippen LogP contribution in [0.15, 0.2) is 28.3 Å². The monoisotopic (exact) mass is 484 g/mol. The Bertz CT molecular complexity index is 1150. The van der Waals surface area contributed by atoms with Crippen molar-refractivity contribution in [2.45, 2.75) is 69.7 Å². The van der Waals surface area contributed by atoms with Gasteiger partial charge < -0.3 is 20.3 Å². The van der Waals surface area contributed by atoms with Crippen LogP contribution in [0.2, 0.25) is 24.7 Å². The fourth-order valence-corrected chi connectivity index (χ4v) is 8.37. The average molecular weight is 485 g/mol. The maximum absolute atomic E-state index is 14.6. The molecule has 0 atom stereocenters. The van der Waals surface area contributed by atoms with Gasteiger partial charge in [-0.3, -0.25) is 9.79 Å². The van der Waals surface area contributed by atoms with Crippen molar-refractivity contribution >= 4 is 31.5 Å². The average Bonchev–Trinajstić information content (AvgIpc) is 3.38. The molecule has 0 radical (unpaired) electrons. The summed E-state index contributed by atoms with van der Waals surface area (Å²) in [6.07, 6.45) is 3.65. The van der Waals surface area contributed by atoms with Gasteiger partial charge in [-0.15, -0.1) is 0 Å². The minimum Gasteiger partial charge on any atom is -0.491 e. The molecular weight excluding hydrogens is 451 g/mol. The molecule has 3 amide bonds. The molecule has 182 valence electrons. The summed E-state index contributed by atoms with van der Waals surface area (Å²) in [6, 6.07) is 2.67. The minimum atomic E-state index is -1.71. The van der Waals surface area contributed by atoms with Crippen LogP contribution in [0.25, 0.3) is 0 Å². The van der Waals surface area contributed by atoms with Crippen LogP contribution in [0, 0.1) is 5.82 Å². The number of amides is 3. The van der Waals surface area contributed by atoms with E-state index in [1.54, 1.807) is 11.0 Å². The van der Waals surface area contributed by atoms with Crippen LogP contribution < -0.4 is 15.4 Å². The zero-order valence-electron chi connectivity index (χ0n) is 20.6. The van der Waals surface area contributed by atoms with Gasteiger partial charge in [-0.1, -0.05) is 32.1 Å². The van der Waals surface area contributed by atoms with E-state index in [0.29, 0.717) is 37.7 Å². The van der Waals surface area contributed by atoms with Crippen LogP contribution in [0.1, 0.15) is 38.7 Å². The lowest BCUT2D eigenvalue weighted by molar-refractivity contribution is -0.125. The van der Waals surface area contributed by atoms with Gasteiger partial charge >= 0.3 is 6.03 Å². The van der Waals surface area contributed by atoms with Crippen molar-refractivity contribution in [2.75, 3.05) is 25.0 Å². The van der Waals surface area contributed by atoms with Gasteiger partial charge in [-0.05, 0) is 43.9 Å². The number of hydrogen-bond donors (Lipinski definition) is 2. The quantitative estimate of drug-likeness (QED) is 0.621. The van der Waals surface area contributed by atoms with Crippen molar-refractivity contribution in [2.24, 2.45) is 4.99 Å². The summed E-state index contributed by atoms with van der Waals surface area (Å²) in [5, 5.41) is 5.64. The fourth-order valence-electron chi connectivity index (χ4n) is 5.78. The number of nitrogens with one attached hydrogen (secondary N) is 2. The van der Waals surface area contributed by atoms with Crippen molar-refractivity contribution in [3.63, 3.8) is 0 Å². The Labute approximate surface area is 200 Å². The molecule has 2 N–H and O–H groups in total. The molecular formula is C25H33FN4O3Si. The third-order valence-electron chi connectivity index (χ3n) is 8.37. The number of rotatable bonds is 3. The number of urea groups is 1. The molecule has 3 aliphatic heterocycles. The van der Waals surface area contributed by atoms with Crippen molar-refractivity contribution < 1.29 is 18.7 Å². The summed E-state index contributed by atoms with van der Waals surface area (Å²) >= 11 is 0. The molecule has 0 unspecified atom stereocenters. The highest BCUT2D eigenvalue weighted by Crippen LogP contribution is 2.55. The smallest absolute Gasteiger partial charge is 0.323 e. The number of benzene rings is 1. The largest absolute Gasteiger partial charge is 0.491 e. The second-order valence-corrected chi connectivity index (χ2v) is 16.8. The van der Waals surface area contributed by atoms with Gasteiger partial charge in [0.05, 0.1) is 33.3 Å². The number of carbonyl (C=O) groups is 2. The summed E-state index contributed by atoms with van der Waals surface area (Å²) in [6.45, 7) is 11.9. The summed E-state index contributed by atoms with van der Waals surface area (Å²) in [5.41, 5.74) is 2.28. The number of amidine groups is 1. The van der Waals surface area contributed by atoms with Gasteiger partial charge in [0.15, 0.2) is 5.82 Å². The van der Waals surface area contributed by atoms with Crippen LogP contribution in [0.3, 0.4) is 0 Å². The molecule has 5 rings (SSSR count). The van der Waals surface area contributed by atoms with E-state index < -0.39 is 25.5 Å². The zero-order chi connectivity index (χ0) is 24.5. The molecule has 1 aromatic carbocycles. The maximum atomic E-state index is 14.6. The van der Waals surface area contributed by atoms with E-state index in [9.17, 15) is 14.0 Å². The van der Waals surface area contributed by atoms with E-state index >= 15 is 0 Å². The topological polar surface area (TPSA) is 83.0 Å². The third kappa shape index (κ3) is 3.31. The van der Waals surface area contributed by atoms with Gasteiger partial charge in [0.25, 0.3) is 0 Å². The number of hydrogen-bond acceptors (Lipinski definition) is 4. The van der Waals surface area contributed by atoms with Gasteiger partial charge in [0, 0.05) is 17.0 Å². The molecule has 0 bridgehead atoms. The number of halogens is 1. The van der Waals surface area contributed by atoms with Gasteiger partial charge in [0.1, 0.15) is 17.3 Å². The second kappa shape index (κ2) is 7.66. The van der Waals surface area contributed by atoms with Gasteiger partial charge in [0.2, 0.25) is 5.91 Å². The summed E-state index contributed by atoms with van der Waals surface area (Å²) in [7, 11) is -1.71. The van der Waals surface area contributed by atoms with E-state index in [1.165, 1.54) is 6.07 Å². The predicted molar refractivity (Wildman–Crippen MR) is 133 cm³/mol. The normalized spacial score (nSPS) is 21.9. The first-order valence-electron chi connectivity index (χ1n) is 12.1. The molecule has 1 aromatic rings. The molecule has 7 nitrogen and oxygen atoms in total. The zero-order valence-corrected chi connectivity index (χ0v) is 21.6. The Hall–Kier alpha value is -2.68. The molecule has 34 heavy (non-hydrogen) atoms. The van der Waals surface area contributed by atoms with Crippen molar-refractivity contribution in [3.8, 4) is 5.75 Å². The van der Waals surface area contributed by atoms with Gasteiger partial charge in [-0.25, -0.2) is 9.18 Å². The van der Waals surface area contributed by atoms with E-state index in [2.05, 4.69) is 35.3 Å². The molecule has 0 aromatic heterocycles. The fraction of sp³-hybridized carbons (Fsp3) is 0.560. The van der Waals surface area contributed by atoms with Crippen LogP contribution in [0.5, 0.6) is 5.75 Å². The van der Waals surface area contributed by atoms with E-state index in [1.807, 2.05) is 13.8 Å². The molecule has 9 heteroatoms. The maximum Gasteiger partial charge on any atom is 0.323 e.